The van der Waals surface area contributed by atoms with Crippen LogP contribution in [0.3, 0.4) is 0 Å². The Kier molecular flexibility index (Phi) is 5.26. The van der Waals surface area contributed by atoms with Crippen molar-refractivity contribution in [2.45, 2.75) is 37.8 Å². The van der Waals surface area contributed by atoms with Crippen molar-refractivity contribution in [1.82, 2.24) is 4.90 Å². The third-order valence-electron chi connectivity index (χ3n) is 4.22. The van der Waals surface area contributed by atoms with E-state index >= 15 is 0 Å². The SMILES string of the molecule is COc1ccc(CC[C@@H](O)[C@@H]2CCCN2C)c(OC)c1. The van der Waals surface area contributed by atoms with Gasteiger partial charge in [0.15, 0.2) is 0 Å². The van der Waals surface area contributed by atoms with Crippen molar-refractivity contribution in [1.29, 1.82) is 0 Å². The van der Waals surface area contributed by atoms with Gasteiger partial charge in [-0.05, 0) is 50.9 Å². The number of aliphatic hydroxyl groups excluding tert-OH is 1. The number of hydrogen-bond donors (Lipinski definition) is 1. The number of methoxy groups -OCH3 is 2. The summed E-state index contributed by atoms with van der Waals surface area (Å²) in [7, 11) is 5.41. The highest BCUT2D eigenvalue weighted by Gasteiger charge is 2.27. The van der Waals surface area contributed by atoms with Crippen LogP contribution in [0.2, 0.25) is 0 Å². The van der Waals surface area contributed by atoms with Gasteiger partial charge < -0.3 is 19.5 Å². The van der Waals surface area contributed by atoms with Crippen LogP contribution in [-0.2, 0) is 6.42 Å². The quantitative estimate of drug-likeness (QED) is 0.866. The summed E-state index contributed by atoms with van der Waals surface area (Å²) in [6, 6.07) is 6.15. The molecule has 1 saturated heterocycles. The minimum absolute atomic E-state index is 0.269. The molecule has 0 amide bonds. The van der Waals surface area contributed by atoms with E-state index in [9.17, 15) is 5.11 Å². The molecule has 0 unspecified atom stereocenters. The van der Waals surface area contributed by atoms with Gasteiger partial charge in [-0.15, -0.1) is 0 Å². The maximum Gasteiger partial charge on any atom is 0.125 e. The fourth-order valence-electron chi connectivity index (χ4n) is 2.98. The first-order valence-corrected chi connectivity index (χ1v) is 7.25. The predicted octanol–water partition coefficient (Wildman–Crippen LogP) is 2.09. The molecule has 0 bridgehead atoms. The molecule has 1 aliphatic heterocycles. The highest BCUT2D eigenvalue weighted by atomic mass is 16.5. The number of rotatable bonds is 6. The number of aryl methyl sites for hydroxylation is 1. The lowest BCUT2D eigenvalue weighted by Crippen LogP contribution is -2.36. The summed E-state index contributed by atoms with van der Waals surface area (Å²) in [5.74, 6) is 1.62. The lowest BCUT2D eigenvalue weighted by Gasteiger charge is -2.25. The number of aliphatic hydroxyl groups is 1. The van der Waals surface area contributed by atoms with Gasteiger partial charge in [-0.3, -0.25) is 0 Å². The Labute approximate surface area is 121 Å². The summed E-state index contributed by atoms with van der Waals surface area (Å²) < 4.78 is 10.6. The zero-order valence-corrected chi connectivity index (χ0v) is 12.6. The number of ether oxygens (including phenoxy) is 2. The van der Waals surface area contributed by atoms with Gasteiger partial charge in [-0.25, -0.2) is 0 Å². The second-order valence-electron chi connectivity index (χ2n) is 5.47. The molecule has 1 aliphatic rings. The van der Waals surface area contributed by atoms with E-state index in [4.69, 9.17) is 9.47 Å². The normalized spacial score (nSPS) is 20.9. The third kappa shape index (κ3) is 3.44. The number of nitrogens with zero attached hydrogens (tertiary/aromatic N) is 1. The Hall–Kier alpha value is -1.26. The molecule has 4 heteroatoms. The molecule has 0 saturated carbocycles. The molecule has 4 nitrogen and oxygen atoms in total. The van der Waals surface area contributed by atoms with E-state index < -0.39 is 0 Å². The van der Waals surface area contributed by atoms with Gasteiger partial charge in [0, 0.05) is 12.1 Å². The Morgan fingerprint density at radius 3 is 2.75 bits per heavy atom. The number of hydrogen-bond acceptors (Lipinski definition) is 4. The summed E-state index contributed by atoms with van der Waals surface area (Å²) in [5.41, 5.74) is 1.12. The van der Waals surface area contributed by atoms with Crippen molar-refractivity contribution in [2.24, 2.45) is 0 Å². The highest BCUT2D eigenvalue weighted by Crippen LogP contribution is 2.27. The first-order valence-electron chi connectivity index (χ1n) is 7.25. The van der Waals surface area contributed by atoms with Crippen LogP contribution in [0.25, 0.3) is 0 Å². The first kappa shape index (κ1) is 15.1. The maximum absolute atomic E-state index is 10.3. The number of likely N-dealkylation sites (tertiary alicyclic amines) is 1. The molecule has 0 aliphatic carbocycles. The largest absolute Gasteiger partial charge is 0.497 e. The van der Waals surface area contributed by atoms with E-state index in [0.29, 0.717) is 6.04 Å². The van der Waals surface area contributed by atoms with Crippen LogP contribution in [0.15, 0.2) is 18.2 Å². The monoisotopic (exact) mass is 279 g/mol. The summed E-state index contributed by atoms with van der Waals surface area (Å²) in [6.07, 6.45) is 3.59. The van der Waals surface area contributed by atoms with E-state index in [-0.39, 0.29) is 6.10 Å². The Bertz CT molecular complexity index is 436. The van der Waals surface area contributed by atoms with E-state index in [1.54, 1.807) is 14.2 Å². The average molecular weight is 279 g/mol. The van der Waals surface area contributed by atoms with Gasteiger partial charge in [-0.1, -0.05) is 6.07 Å². The van der Waals surface area contributed by atoms with E-state index in [2.05, 4.69) is 11.9 Å². The van der Waals surface area contributed by atoms with Gasteiger partial charge in [0.2, 0.25) is 0 Å². The second-order valence-corrected chi connectivity index (χ2v) is 5.47. The topological polar surface area (TPSA) is 41.9 Å². The van der Waals surface area contributed by atoms with Crippen LogP contribution >= 0.6 is 0 Å². The molecule has 112 valence electrons. The van der Waals surface area contributed by atoms with Crippen LogP contribution in [0.5, 0.6) is 11.5 Å². The first-order chi connectivity index (χ1) is 9.65. The minimum Gasteiger partial charge on any atom is -0.497 e. The van der Waals surface area contributed by atoms with Crippen molar-refractivity contribution in [3.8, 4) is 11.5 Å². The van der Waals surface area contributed by atoms with E-state index in [1.807, 2.05) is 18.2 Å². The lowest BCUT2D eigenvalue weighted by atomic mass is 10.00. The molecule has 20 heavy (non-hydrogen) atoms. The molecule has 2 atom stereocenters. The summed E-state index contributed by atoms with van der Waals surface area (Å²) in [4.78, 5) is 2.26. The molecule has 1 aromatic rings. The lowest BCUT2D eigenvalue weighted by molar-refractivity contribution is 0.0787. The number of likely N-dealkylation sites (N-methyl/N-ethyl adjacent to an activating group) is 1. The van der Waals surface area contributed by atoms with Gasteiger partial charge in [0.25, 0.3) is 0 Å². The minimum atomic E-state index is -0.269. The van der Waals surface area contributed by atoms with Crippen molar-refractivity contribution in [3.63, 3.8) is 0 Å². The van der Waals surface area contributed by atoms with Gasteiger partial charge in [0.05, 0.1) is 20.3 Å². The van der Waals surface area contributed by atoms with Gasteiger partial charge in [-0.2, -0.15) is 0 Å². The molecule has 1 N–H and O–H groups in total. The molecule has 2 rings (SSSR count). The molecule has 0 radical (unpaired) electrons. The summed E-state index contributed by atoms with van der Waals surface area (Å²) in [6.45, 7) is 1.09. The molecule has 1 heterocycles. The standard InChI is InChI=1S/C16H25NO3/c1-17-10-4-5-14(17)15(18)9-7-12-6-8-13(19-2)11-16(12)20-3/h6,8,11,14-15,18H,4-5,7,9-10H2,1-3H3/t14-,15+/m0/s1. The Morgan fingerprint density at radius 1 is 1.35 bits per heavy atom. The van der Waals surface area contributed by atoms with E-state index in [0.717, 1.165) is 42.9 Å². The van der Waals surface area contributed by atoms with Crippen LogP contribution in [0.1, 0.15) is 24.8 Å². The molecular formula is C16H25NO3. The fourth-order valence-corrected chi connectivity index (χ4v) is 2.98. The summed E-state index contributed by atoms with van der Waals surface area (Å²) in [5, 5.41) is 10.3. The van der Waals surface area contributed by atoms with Crippen molar-refractivity contribution in [2.75, 3.05) is 27.8 Å². The predicted molar refractivity (Wildman–Crippen MR) is 79.5 cm³/mol. The highest BCUT2D eigenvalue weighted by molar-refractivity contribution is 5.40. The molecular weight excluding hydrogens is 254 g/mol. The van der Waals surface area contributed by atoms with Gasteiger partial charge >= 0.3 is 0 Å². The zero-order chi connectivity index (χ0) is 14.5. The fraction of sp³-hybridized carbons (Fsp3) is 0.625. The summed E-state index contributed by atoms with van der Waals surface area (Å²) >= 11 is 0. The Balaban J connectivity index is 1.96. The third-order valence-corrected chi connectivity index (χ3v) is 4.22. The van der Waals surface area contributed by atoms with E-state index in [1.165, 1.54) is 6.42 Å². The van der Waals surface area contributed by atoms with Crippen molar-refractivity contribution in [3.05, 3.63) is 23.8 Å². The molecule has 0 aromatic heterocycles. The second kappa shape index (κ2) is 6.95. The maximum atomic E-state index is 10.3. The van der Waals surface area contributed by atoms with Crippen molar-refractivity contribution < 1.29 is 14.6 Å². The van der Waals surface area contributed by atoms with Crippen LogP contribution in [-0.4, -0.2) is 50.0 Å². The smallest absolute Gasteiger partial charge is 0.125 e. The van der Waals surface area contributed by atoms with Gasteiger partial charge in [0.1, 0.15) is 11.5 Å². The zero-order valence-electron chi connectivity index (χ0n) is 12.6. The molecule has 1 aromatic carbocycles. The van der Waals surface area contributed by atoms with Crippen LogP contribution in [0, 0.1) is 0 Å². The van der Waals surface area contributed by atoms with Crippen LogP contribution < -0.4 is 9.47 Å². The van der Waals surface area contributed by atoms with Crippen molar-refractivity contribution >= 4 is 0 Å². The number of benzene rings is 1. The average Bonchev–Trinajstić information content (AvgIpc) is 2.90. The van der Waals surface area contributed by atoms with Crippen LogP contribution in [0.4, 0.5) is 0 Å². The molecule has 1 fully saturated rings. The molecule has 0 spiro atoms. The Morgan fingerprint density at radius 2 is 2.15 bits per heavy atom.